The molecule has 10 heteroatoms. The van der Waals surface area contributed by atoms with Crippen LogP contribution in [0.2, 0.25) is 0 Å². The number of carbonyl (C=O) groups excluding carboxylic acids is 2. The van der Waals surface area contributed by atoms with Crippen molar-refractivity contribution in [3.8, 4) is 56.3 Å². The number of hydrogen-bond acceptors (Lipinski definition) is 4. The van der Waals surface area contributed by atoms with Crippen molar-refractivity contribution in [2.24, 2.45) is 11.8 Å². The number of ether oxygens (including phenoxy) is 2. The van der Waals surface area contributed by atoms with Gasteiger partial charge in [-0.25, -0.2) is 8.78 Å². The first-order valence-corrected chi connectivity index (χ1v) is 17.8. The second-order valence-corrected chi connectivity index (χ2v) is 13.6. The Bertz CT molecular complexity index is 1980. The molecule has 54 heavy (non-hydrogen) atoms. The van der Waals surface area contributed by atoms with Crippen LogP contribution in [0.25, 0.3) is 44.8 Å². The standard InChI is InChI=1S/2C22H23FN2O2/c2*1-14(2)13-24-22(26)21-19(15-6-10-18(27-3)11-7-15)12-20(25-21)16-4-8-17(23)9-5-16/h2*4-12,14,25H,13H2,1-3H3,(H,24,26). The molecule has 0 saturated carbocycles. The summed E-state index contributed by atoms with van der Waals surface area (Å²) >= 11 is 0. The van der Waals surface area contributed by atoms with E-state index in [0.29, 0.717) is 36.3 Å². The molecule has 0 atom stereocenters. The zero-order chi connectivity index (χ0) is 38.8. The summed E-state index contributed by atoms with van der Waals surface area (Å²) in [7, 11) is 3.23. The minimum absolute atomic E-state index is 0.164. The molecule has 0 spiro atoms. The third-order valence-corrected chi connectivity index (χ3v) is 8.54. The Hall–Kier alpha value is -6.16. The van der Waals surface area contributed by atoms with Gasteiger partial charge in [-0.05, 0) is 119 Å². The highest BCUT2D eigenvalue weighted by atomic mass is 19.1. The fraction of sp³-hybridized carbons (Fsp3) is 0.227. The van der Waals surface area contributed by atoms with Crippen LogP contribution in [0.4, 0.5) is 8.78 Å². The monoisotopic (exact) mass is 732 g/mol. The third kappa shape index (κ3) is 10.0. The molecule has 0 aliphatic heterocycles. The maximum Gasteiger partial charge on any atom is 0.268 e. The van der Waals surface area contributed by atoms with E-state index in [-0.39, 0.29) is 23.4 Å². The summed E-state index contributed by atoms with van der Waals surface area (Å²) in [6, 6.07) is 31.3. The van der Waals surface area contributed by atoms with E-state index in [0.717, 1.165) is 56.3 Å². The molecule has 0 aliphatic rings. The second-order valence-electron chi connectivity index (χ2n) is 13.6. The van der Waals surface area contributed by atoms with Gasteiger partial charge in [-0.1, -0.05) is 52.0 Å². The molecular weight excluding hydrogens is 687 g/mol. The fourth-order valence-electron chi connectivity index (χ4n) is 5.60. The number of amides is 2. The van der Waals surface area contributed by atoms with Gasteiger partial charge in [-0.15, -0.1) is 0 Å². The summed E-state index contributed by atoms with van der Waals surface area (Å²) in [6.07, 6.45) is 0. The number of hydrogen-bond donors (Lipinski definition) is 4. The minimum atomic E-state index is -0.296. The normalized spacial score (nSPS) is 10.9. The highest BCUT2D eigenvalue weighted by molar-refractivity contribution is 6.01. The zero-order valence-corrected chi connectivity index (χ0v) is 31.4. The highest BCUT2D eigenvalue weighted by Gasteiger charge is 2.20. The van der Waals surface area contributed by atoms with Crippen molar-refractivity contribution in [1.82, 2.24) is 20.6 Å². The van der Waals surface area contributed by atoms with Gasteiger partial charge in [0.05, 0.1) is 14.2 Å². The van der Waals surface area contributed by atoms with Crippen molar-refractivity contribution in [2.45, 2.75) is 27.7 Å². The molecule has 0 unspecified atom stereocenters. The predicted octanol–water partition coefficient (Wildman–Crippen LogP) is 9.76. The number of nitrogens with one attached hydrogen (secondary N) is 4. The first-order valence-electron chi connectivity index (χ1n) is 17.8. The quantitative estimate of drug-likeness (QED) is 0.101. The van der Waals surface area contributed by atoms with Crippen LogP contribution in [0.15, 0.2) is 109 Å². The van der Waals surface area contributed by atoms with E-state index in [1.807, 2.05) is 88.4 Å². The van der Waals surface area contributed by atoms with Gasteiger partial charge in [0.15, 0.2) is 0 Å². The lowest BCUT2D eigenvalue weighted by atomic mass is 10.0. The number of benzene rings is 4. The number of H-pyrrole nitrogens is 2. The average Bonchev–Trinajstić information content (AvgIpc) is 3.83. The lowest BCUT2D eigenvalue weighted by Gasteiger charge is -2.09. The summed E-state index contributed by atoms with van der Waals surface area (Å²) < 4.78 is 36.9. The summed E-state index contributed by atoms with van der Waals surface area (Å²) in [4.78, 5) is 31.9. The topological polar surface area (TPSA) is 108 Å². The first kappa shape index (κ1) is 39.1. The first-order chi connectivity index (χ1) is 25.9. The molecule has 4 aromatic carbocycles. The molecule has 2 amide bonds. The van der Waals surface area contributed by atoms with E-state index >= 15 is 0 Å². The molecular formula is C44H46F2N4O4. The molecule has 0 aliphatic carbocycles. The van der Waals surface area contributed by atoms with Crippen molar-refractivity contribution in [3.63, 3.8) is 0 Å². The molecule has 8 nitrogen and oxygen atoms in total. The van der Waals surface area contributed by atoms with E-state index in [4.69, 9.17) is 9.47 Å². The predicted molar refractivity (Wildman–Crippen MR) is 211 cm³/mol. The second kappa shape index (κ2) is 18.1. The zero-order valence-electron chi connectivity index (χ0n) is 31.4. The summed E-state index contributed by atoms with van der Waals surface area (Å²) in [6.45, 7) is 9.36. The number of carbonyl (C=O) groups is 2. The molecule has 4 N–H and O–H groups in total. The fourth-order valence-corrected chi connectivity index (χ4v) is 5.60. The van der Waals surface area contributed by atoms with E-state index in [2.05, 4.69) is 20.6 Å². The van der Waals surface area contributed by atoms with E-state index in [1.54, 1.807) is 38.5 Å². The minimum Gasteiger partial charge on any atom is -0.497 e. The van der Waals surface area contributed by atoms with E-state index < -0.39 is 0 Å². The Kier molecular flexibility index (Phi) is 13.1. The molecule has 0 bridgehead atoms. The number of halogens is 2. The molecule has 6 aromatic rings. The highest BCUT2D eigenvalue weighted by Crippen LogP contribution is 2.33. The Labute approximate surface area is 315 Å². The Morgan fingerprint density at radius 2 is 0.852 bits per heavy atom. The smallest absolute Gasteiger partial charge is 0.268 e. The molecule has 2 heterocycles. The van der Waals surface area contributed by atoms with Crippen LogP contribution < -0.4 is 20.1 Å². The maximum atomic E-state index is 13.2. The van der Waals surface area contributed by atoms with Gasteiger partial charge in [0.2, 0.25) is 0 Å². The van der Waals surface area contributed by atoms with Crippen molar-refractivity contribution in [3.05, 3.63) is 132 Å². The van der Waals surface area contributed by atoms with Crippen LogP contribution in [-0.2, 0) is 0 Å². The van der Waals surface area contributed by atoms with E-state index in [9.17, 15) is 18.4 Å². The summed E-state index contributed by atoms with van der Waals surface area (Å²) in [5, 5.41) is 5.90. The van der Waals surface area contributed by atoms with Crippen molar-refractivity contribution in [2.75, 3.05) is 27.3 Å². The molecule has 6 rings (SSSR count). The molecule has 0 saturated heterocycles. The molecule has 0 fully saturated rings. The number of aromatic nitrogens is 2. The van der Waals surface area contributed by atoms with Crippen LogP contribution in [0.5, 0.6) is 11.5 Å². The lowest BCUT2D eigenvalue weighted by Crippen LogP contribution is -2.28. The van der Waals surface area contributed by atoms with Crippen molar-refractivity contribution < 1.29 is 27.8 Å². The number of methoxy groups -OCH3 is 2. The van der Waals surface area contributed by atoms with Gasteiger partial charge in [0.25, 0.3) is 11.8 Å². The van der Waals surface area contributed by atoms with Gasteiger partial charge >= 0.3 is 0 Å². The third-order valence-electron chi connectivity index (χ3n) is 8.54. The van der Waals surface area contributed by atoms with Crippen LogP contribution in [0.3, 0.4) is 0 Å². The van der Waals surface area contributed by atoms with Gasteiger partial charge in [0.1, 0.15) is 34.5 Å². The van der Waals surface area contributed by atoms with Crippen LogP contribution >= 0.6 is 0 Å². The SMILES string of the molecule is COc1ccc(-c2cc(-c3ccc(F)cc3)[nH]c2C(=O)NCC(C)C)cc1.COc1ccc(-c2cc(-c3ccc(F)cc3)[nH]c2C(=O)NCC(C)C)cc1. The number of rotatable bonds is 12. The van der Waals surface area contributed by atoms with Crippen molar-refractivity contribution in [1.29, 1.82) is 0 Å². The van der Waals surface area contributed by atoms with Crippen LogP contribution in [0, 0.1) is 23.5 Å². The lowest BCUT2D eigenvalue weighted by molar-refractivity contribution is 0.0937. The Morgan fingerprint density at radius 1 is 0.537 bits per heavy atom. The van der Waals surface area contributed by atoms with Gasteiger partial charge in [-0.3, -0.25) is 9.59 Å². The van der Waals surface area contributed by atoms with E-state index in [1.165, 1.54) is 24.3 Å². The molecule has 0 radical (unpaired) electrons. The van der Waals surface area contributed by atoms with Crippen LogP contribution in [0.1, 0.15) is 48.7 Å². The Balaban J connectivity index is 0.000000208. The van der Waals surface area contributed by atoms with Gasteiger partial charge in [-0.2, -0.15) is 0 Å². The average molecular weight is 733 g/mol. The summed E-state index contributed by atoms with van der Waals surface area (Å²) in [5.74, 6) is 1.28. The van der Waals surface area contributed by atoms with Gasteiger partial charge < -0.3 is 30.1 Å². The number of aromatic amines is 2. The maximum absolute atomic E-state index is 13.2. The largest absolute Gasteiger partial charge is 0.497 e. The molecule has 280 valence electrons. The van der Waals surface area contributed by atoms with Crippen LogP contribution in [-0.4, -0.2) is 49.1 Å². The summed E-state index contributed by atoms with van der Waals surface area (Å²) in [5.41, 5.74) is 7.50. The molecule has 2 aromatic heterocycles. The Morgan fingerprint density at radius 3 is 1.15 bits per heavy atom. The van der Waals surface area contributed by atoms with Crippen molar-refractivity contribution >= 4 is 11.8 Å². The van der Waals surface area contributed by atoms with Gasteiger partial charge in [0, 0.05) is 35.6 Å².